The second kappa shape index (κ2) is 5.64. The zero-order valence-corrected chi connectivity index (χ0v) is 16.1. The van der Waals surface area contributed by atoms with Gasteiger partial charge in [0.2, 0.25) is 0 Å². The van der Waals surface area contributed by atoms with Crippen LogP contribution in [0.25, 0.3) is 44.0 Å². The summed E-state index contributed by atoms with van der Waals surface area (Å²) in [4.78, 5) is 5.18. The number of fused-ring (bicyclic) bond motifs is 6. The van der Waals surface area contributed by atoms with Crippen molar-refractivity contribution in [2.24, 2.45) is 0 Å². The predicted molar refractivity (Wildman–Crippen MR) is 113 cm³/mol. The highest BCUT2D eigenvalue weighted by Crippen LogP contribution is 2.39. The molecule has 0 aliphatic heterocycles. The van der Waals surface area contributed by atoms with Gasteiger partial charge >= 0.3 is 0 Å². The van der Waals surface area contributed by atoms with Crippen molar-refractivity contribution in [2.45, 2.75) is 39.5 Å². The fourth-order valence-corrected chi connectivity index (χ4v) is 4.82. The average molecular weight is 367 g/mol. The first-order valence-corrected chi connectivity index (χ1v) is 9.95. The van der Waals surface area contributed by atoms with Crippen LogP contribution in [0.15, 0.2) is 30.3 Å². The van der Waals surface area contributed by atoms with Crippen LogP contribution in [0.2, 0.25) is 0 Å². The lowest BCUT2D eigenvalue weighted by Gasteiger charge is -2.22. The molecule has 0 saturated heterocycles. The zero-order valence-electron chi connectivity index (χ0n) is 16.1. The molecule has 0 atom stereocenters. The van der Waals surface area contributed by atoms with Crippen LogP contribution in [0.3, 0.4) is 0 Å². The van der Waals surface area contributed by atoms with E-state index < -0.39 is 0 Å². The Kier molecular flexibility index (Phi) is 3.19. The minimum absolute atomic E-state index is 1.03. The number of hydrogen-bond donors (Lipinski definition) is 2. The van der Waals surface area contributed by atoms with Crippen molar-refractivity contribution in [3.05, 3.63) is 52.8 Å². The van der Waals surface area contributed by atoms with Gasteiger partial charge in [-0.15, -0.1) is 0 Å². The van der Waals surface area contributed by atoms with Crippen molar-refractivity contribution in [3.8, 4) is 11.3 Å². The maximum atomic E-state index is 5.18. The first-order valence-electron chi connectivity index (χ1n) is 9.95. The van der Waals surface area contributed by atoms with Crippen LogP contribution in [0, 0.1) is 13.8 Å². The highest BCUT2D eigenvalue weighted by atomic mass is 15.1. The molecule has 5 aromatic rings. The quantitative estimate of drug-likeness (QED) is 0.430. The molecule has 0 radical (unpaired) electrons. The van der Waals surface area contributed by atoms with Crippen LogP contribution in [0.1, 0.15) is 35.4 Å². The highest BCUT2D eigenvalue weighted by molar-refractivity contribution is 6.09. The van der Waals surface area contributed by atoms with Crippen LogP contribution in [0.4, 0.5) is 0 Å². The van der Waals surface area contributed by atoms with Gasteiger partial charge in [0.15, 0.2) is 0 Å². The second-order valence-electron chi connectivity index (χ2n) is 7.89. The van der Waals surface area contributed by atoms with Crippen LogP contribution in [0.5, 0.6) is 0 Å². The standard InChI is InChI=1S/C23H21N5/c1-12-17-11-14(7-8-18(17)27-25-12)23-16-6-4-3-5-15(16)22-19(24-23)9-10-20-21(22)13(2)26-28-20/h7-11H,3-6H2,1-2H3,(H,25,27)(H,26,28). The topological polar surface area (TPSA) is 70.2 Å². The Balaban J connectivity index is 1.72. The zero-order chi connectivity index (χ0) is 18.8. The van der Waals surface area contributed by atoms with E-state index in [1.54, 1.807) is 0 Å². The third-order valence-corrected chi connectivity index (χ3v) is 6.20. The van der Waals surface area contributed by atoms with Gasteiger partial charge in [-0.1, -0.05) is 6.07 Å². The first-order chi connectivity index (χ1) is 13.7. The summed E-state index contributed by atoms with van der Waals surface area (Å²) in [5.74, 6) is 0. The summed E-state index contributed by atoms with van der Waals surface area (Å²) in [5.41, 5.74) is 10.5. The van der Waals surface area contributed by atoms with E-state index in [2.05, 4.69) is 57.7 Å². The van der Waals surface area contributed by atoms with E-state index >= 15 is 0 Å². The normalized spacial score (nSPS) is 14.2. The molecule has 3 heterocycles. The molecule has 28 heavy (non-hydrogen) atoms. The van der Waals surface area contributed by atoms with E-state index in [1.807, 2.05) is 6.92 Å². The number of aromatic amines is 2. The number of nitrogens with one attached hydrogen (secondary N) is 2. The van der Waals surface area contributed by atoms with Gasteiger partial charge in [-0.05, 0) is 74.9 Å². The number of benzene rings is 2. The molecule has 0 amide bonds. The minimum Gasteiger partial charge on any atom is -0.278 e. The second-order valence-corrected chi connectivity index (χ2v) is 7.89. The summed E-state index contributed by atoms with van der Waals surface area (Å²) in [6.45, 7) is 4.13. The van der Waals surface area contributed by atoms with Crippen LogP contribution in [-0.4, -0.2) is 25.4 Å². The summed E-state index contributed by atoms with van der Waals surface area (Å²) < 4.78 is 0. The Hall–Kier alpha value is -3.21. The smallest absolute Gasteiger partial charge is 0.0744 e. The average Bonchev–Trinajstić information content (AvgIpc) is 3.30. The first kappa shape index (κ1) is 15.8. The van der Waals surface area contributed by atoms with E-state index in [-0.39, 0.29) is 0 Å². The van der Waals surface area contributed by atoms with Crippen molar-refractivity contribution < 1.29 is 0 Å². The number of aromatic nitrogens is 5. The van der Waals surface area contributed by atoms with Crippen LogP contribution >= 0.6 is 0 Å². The van der Waals surface area contributed by atoms with E-state index in [0.29, 0.717) is 0 Å². The van der Waals surface area contributed by atoms with Gasteiger partial charge in [0.25, 0.3) is 0 Å². The third-order valence-electron chi connectivity index (χ3n) is 6.20. The van der Waals surface area contributed by atoms with Crippen molar-refractivity contribution in [1.82, 2.24) is 25.4 Å². The Morgan fingerprint density at radius 1 is 0.786 bits per heavy atom. The number of nitrogens with zero attached hydrogens (tertiary/aromatic N) is 3. The van der Waals surface area contributed by atoms with E-state index in [1.165, 1.54) is 45.7 Å². The van der Waals surface area contributed by atoms with E-state index in [9.17, 15) is 0 Å². The summed E-state index contributed by atoms with van der Waals surface area (Å²) in [7, 11) is 0. The van der Waals surface area contributed by atoms with Gasteiger partial charge in [0.1, 0.15) is 0 Å². The molecule has 2 aromatic carbocycles. The van der Waals surface area contributed by atoms with Crippen LogP contribution in [-0.2, 0) is 12.8 Å². The maximum Gasteiger partial charge on any atom is 0.0744 e. The van der Waals surface area contributed by atoms with E-state index in [0.717, 1.165) is 46.5 Å². The molecule has 138 valence electrons. The minimum atomic E-state index is 1.03. The van der Waals surface area contributed by atoms with E-state index in [4.69, 9.17) is 4.98 Å². The highest BCUT2D eigenvalue weighted by Gasteiger charge is 2.22. The Labute approximate surface area is 162 Å². The predicted octanol–water partition coefficient (Wildman–Crippen LogP) is 5.15. The van der Waals surface area contributed by atoms with Crippen molar-refractivity contribution in [2.75, 3.05) is 0 Å². The van der Waals surface area contributed by atoms with Crippen molar-refractivity contribution >= 4 is 32.7 Å². The molecule has 0 bridgehead atoms. The lowest BCUT2D eigenvalue weighted by molar-refractivity contribution is 0.689. The van der Waals surface area contributed by atoms with Crippen molar-refractivity contribution in [1.29, 1.82) is 0 Å². The lowest BCUT2D eigenvalue weighted by atomic mass is 9.85. The van der Waals surface area contributed by atoms with Gasteiger partial charge < -0.3 is 0 Å². The maximum absolute atomic E-state index is 5.18. The van der Waals surface area contributed by atoms with Gasteiger partial charge in [-0.25, -0.2) is 4.98 Å². The summed E-state index contributed by atoms with van der Waals surface area (Å²) in [5, 5.41) is 18.8. The molecule has 5 nitrogen and oxygen atoms in total. The number of rotatable bonds is 1. The number of H-pyrrole nitrogens is 2. The molecule has 1 aliphatic rings. The number of aryl methyl sites for hydroxylation is 3. The Bertz CT molecular complexity index is 1390. The van der Waals surface area contributed by atoms with Crippen LogP contribution < -0.4 is 0 Å². The molecule has 5 heteroatoms. The molecular formula is C23H21N5. The fourth-order valence-electron chi connectivity index (χ4n) is 4.82. The number of pyridine rings is 1. The Morgan fingerprint density at radius 2 is 1.54 bits per heavy atom. The summed E-state index contributed by atoms with van der Waals surface area (Å²) in [6, 6.07) is 10.8. The molecule has 0 saturated carbocycles. The molecule has 6 rings (SSSR count). The molecule has 0 unspecified atom stereocenters. The molecule has 0 fully saturated rings. The van der Waals surface area contributed by atoms with Gasteiger partial charge in [0.05, 0.1) is 33.6 Å². The SMILES string of the molecule is Cc1n[nH]c2ccc(-c3nc4ccc5[nH]nc(C)c5c4c4c3CCCC4)cc12. The van der Waals surface area contributed by atoms with Crippen molar-refractivity contribution in [3.63, 3.8) is 0 Å². The number of hydrogen-bond acceptors (Lipinski definition) is 3. The molecule has 1 aliphatic carbocycles. The fraction of sp³-hybridized carbons (Fsp3) is 0.261. The molecular weight excluding hydrogens is 346 g/mol. The molecule has 0 spiro atoms. The van der Waals surface area contributed by atoms with Gasteiger partial charge in [-0.3, -0.25) is 10.2 Å². The largest absolute Gasteiger partial charge is 0.278 e. The molecule has 2 N–H and O–H groups in total. The summed E-state index contributed by atoms with van der Waals surface area (Å²) in [6.07, 6.45) is 4.65. The summed E-state index contributed by atoms with van der Waals surface area (Å²) >= 11 is 0. The third kappa shape index (κ3) is 2.10. The van der Waals surface area contributed by atoms with Gasteiger partial charge in [-0.2, -0.15) is 10.2 Å². The Morgan fingerprint density at radius 3 is 2.43 bits per heavy atom. The monoisotopic (exact) mass is 367 g/mol. The molecule has 3 aromatic heterocycles. The van der Waals surface area contributed by atoms with Gasteiger partial charge in [0, 0.05) is 21.7 Å². The lowest BCUT2D eigenvalue weighted by Crippen LogP contribution is -2.08.